The van der Waals surface area contributed by atoms with Gasteiger partial charge in [-0.05, 0) is 43.9 Å². The first kappa shape index (κ1) is 23.8. The summed E-state index contributed by atoms with van der Waals surface area (Å²) in [5.41, 5.74) is 7.41. The van der Waals surface area contributed by atoms with Crippen molar-refractivity contribution in [3.8, 4) is 0 Å². The number of benzene rings is 2. The van der Waals surface area contributed by atoms with Crippen LogP contribution in [0.3, 0.4) is 0 Å². The molecule has 2 atom stereocenters. The van der Waals surface area contributed by atoms with Crippen LogP contribution >= 0.6 is 11.8 Å². The molecular formula is C24H29N3O4S. The van der Waals surface area contributed by atoms with Gasteiger partial charge in [0.15, 0.2) is 0 Å². The monoisotopic (exact) mass is 455 g/mol. The predicted molar refractivity (Wildman–Crippen MR) is 125 cm³/mol. The molecule has 2 aromatic rings. The van der Waals surface area contributed by atoms with Gasteiger partial charge in [0.2, 0.25) is 11.8 Å². The van der Waals surface area contributed by atoms with Crippen LogP contribution < -0.4 is 11.1 Å². The van der Waals surface area contributed by atoms with Crippen LogP contribution in [0, 0.1) is 0 Å². The molecular weight excluding hydrogens is 426 g/mol. The van der Waals surface area contributed by atoms with Crippen molar-refractivity contribution in [3.05, 3.63) is 71.3 Å². The van der Waals surface area contributed by atoms with E-state index in [1.54, 1.807) is 24.3 Å². The van der Waals surface area contributed by atoms with Crippen LogP contribution in [0.15, 0.2) is 54.6 Å². The molecule has 1 aliphatic heterocycles. The molecule has 0 saturated carbocycles. The van der Waals surface area contributed by atoms with E-state index in [0.717, 1.165) is 5.56 Å². The molecule has 3 rings (SSSR count). The number of hydrogen-bond donors (Lipinski definition) is 3. The molecule has 1 aliphatic rings. The second-order valence-corrected chi connectivity index (χ2v) is 9.97. The van der Waals surface area contributed by atoms with Crippen LogP contribution in [0.4, 0.5) is 0 Å². The Kier molecular flexibility index (Phi) is 7.58. The van der Waals surface area contributed by atoms with Gasteiger partial charge in [0.1, 0.15) is 12.1 Å². The summed E-state index contributed by atoms with van der Waals surface area (Å²) in [4.78, 5) is 39.2. The molecule has 1 heterocycles. The van der Waals surface area contributed by atoms with Gasteiger partial charge in [0.05, 0.1) is 5.88 Å². The molecule has 7 nitrogen and oxygen atoms in total. The third-order valence-corrected chi connectivity index (χ3v) is 7.02. The number of thioether (sulfide) groups is 1. The number of aliphatic hydroxyl groups is 1. The number of aliphatic hydroxyl groups excluding tert-OH is 1. The zero-order valence-electron chi connectivity index (χ0n) is 18.3. The maximum Gasteiger partial charge on any atom is 0.252 e. The highest BCUT2D eigenvalue weighted by molar-refractivity contribution is 8.00. The summed E-state index contributed by atoms with van der Waals surface area (Å²) < 4.78 is -0.526. The lowest BCUT2D eigenvalue weighted by atomic mass is 9.99. The van der Waals surface area contributed by atoms with Gasteiger partial charge in [0, 0.05) is 16.9 Å². The number of nitrogens with two attached hydrogens (primary N) is 1. The maximum atomic E-state index is 13.1. The first-order chi connectivity index (χ1) is 15.2. The Morgan fingerprint density at radius 3 is 2.50 bits per heavy atom. The topological polar surface area (TPSA) is 113 Å². The largest absolute Gasteiger partial charge is 0.383 e. The molecule has 32 heavy (non-hydrogen) atoms. The van der Waals surface area contributed by atoms with Crippen molar-refractivity contribution >= 4 is 29.5 Å². The summed E-state index contributed by atoms with van der Waals surface area (Å²) >= 11 is 1.49. The number of aryl methyl sites for hydroxylation is 1. The van der Waals surface area contributed by atoms with E-state index in [-0.39, 0.29) is 18.9 Å². The summed E-state index contributed by atoms with van der Waals surface area (Å²) in [7, 11) is 0. The Morgan fingerprint density at radius 2 is 1.81 bits per heavy atom. The van der Waals surface area contributed by atoms with Crippen LogP contribution in [-0.4, -0.2) is 50.5 Å². The van der Waals surface area contributed by atoms with Crippen molar-refractivity contribution in [1.29, 1.82) is 0 Å². The van der Waals surface area contributed by atoms with Gasteiger partial charge in [-0.1, -0.05) is 48.5 Å². The van der Waals surface area contributed by atoms with Crippen LogP contribution in [0.2, 0.25) is 0 Å². The lowest BCUT2D eigenvalue weighted by molar-refractivity contribution is -0.146. The molecule has 1 unspecified atom stereocenters. The van der Waals surface area contributed by atoms with Crippen molar-refractivity contribution in [1.82, 2.24) is 10.2 Å². The second kappa shape index (κ2) is 10.2. The zero-order chi connectivity index (χ0) is 23.3. The minimum Gasteiger partial charge on any atom is -0.383 e. The van der Waals surface area contributed by atoms with E-state index in [4.69, 9.17) is 5.73 Å². The minimum atomic E-state index is -1.18. The Bertz CT molecular complexity index is 980. The molecule has 0 bridgehead atoms. The van der Waals surface area contributed by atoms with Crippen LogP contribution in [-0.2, 0) is 22.6 Å². The van der Waals surface area contributed by atoms with Gasteiger partial charge in [-0.3, -0.25) is 14.4 Å². The molecule has 4 N–H and O–H groups in total. The van der Waals surface area contributed by atoms with Gasteiger partial charge in [-0.15, -0.1) is 11.8 Å². The van der Waals surface area contributed by atoms with Crippen molar-refractivity contribution in [2.75, 3.05) is 5.88 Å². The van der Waals surface area contributed by atoms with Gasteiger partial charge < -0.3 is 21.1 Å². The second-order valence-electron chi connectivity index (χ2n) is 8.37. The Morgan fingerprint density at radius 1 is 1.16 bits per heavy atom. The molecule has 170 valence electrons. The summed E-state index contributed by atoms with van der Waals surface area (Å²) in [6.45, 7) is 3.93. The van der Waals surface area contributed by atoms with Gasteiger partial charge >= 0.3 is 0 Å². The van der Waals surface area contributed by atoms with Gasteiger partial charge in [-0.25, -0.2) is 0 Å². The first-order valence-electron chi connectivity index (χ1n) is 10.5. The Balaban J connectivity index is 1.67. The normalized spacial score (nSPS) is 18.2. The molecule has 0 spiro atoms. The molecule has 1 saturated heterocycles. The summed E-state index contributed by atoms with van der Waals surface area (Å²) in [6, 6.07) is 15.7. The van der Waals surface area contributed by atoms with E-state index in [1.165, 1.54) is 16.7 Å². The Labute approximate surface area is 192 Å². The maximum absolute atomic E-state index is 13.1. The number of nitrogens with one attached hydrogen (secondary N) is 1. The van der Waals surface area contributed by atoms with Crippen LogP contribution in [0.1, 0.15) is 41.8 Å². The van der Waals surface area contributed by atoms with Crippen LogP contribution in [0.5, 0.6) is 0 Å². The number of carbonyl (C=O) groups is 3. The van der Waals surface area contributed by atoms with Crippen molar-refractivity contribution < 1.29 is 19.5 Å². The Hall–Kier alpha value is -2.84. The third-order valence-electron chi connectivity index (χ3n) is 5.65. The van der Waals surface area contributed by atoms with Crippen LogP contribution in [0.25, 0.3) is 0 Å². The smallest absolute Gasteiger partial charge is 0.252 e. The summed E-state index contributed by atoms with van der Waals surface area (Å²) in [5, 5.41) is 13.4. The molecule has 0 aliphatic carbocycles. The van der Waals surface area contributed by atoms with E-state index in [9.17, 15) is 19.5 Å². The highest BCUT2D eigenvalue weighted by Crippen LogP contribution is 2.39. The van der Waals surface area contributed by atoms with E-state index in [1.807, 2.05) is 44.2 Å². The van der Waals surface area contributed by atoms with Gasteiger partial charge in [-0.2, -0.15) is 0 Å². The number of primary amides is 1. The highest BCUT2D eigenvalue weighted by Gasteiger charge is 2.48. The van der Waals surface area contributed by atoms with E-state index < -0.39 is 28.7 Å². The van der Waals surface area contributed by atoms with E-state index >= 15 is 0 Å². The average Bonchev–Trinajstić information content (AvgIpc) is 3.11. The quantitative estimate of drug-likeness (QED) is 0.564. The molecule has 2 aromatic carbocycles. The van der Waals surface area contributed by atoms with Crippen molar-refractivity contribution in [2.45, 2.75) is 50.1 Å². The average molecular weight is 456 g/mol. The lowest BCUT2D eigenvalue weighted by Gasteiger charge is -2.31. The zero-order valence-corrected chi connectivity index (χ0v) is 19.1. The lowest BCUT2D eigenvalue weighted by Crippen LogP contribution is -2.55. The van der Waals surface area contributed by atoms with Gasteiger partial charge in [0.25, 0.3) is 5.91 Å². The summed E-state index contributed by atoms with van der Waals surface area (Å²) in [6.07, 6.45) is -0.334. The number of amides is 3. The van der Waals surface area contributed by atoms with E-state index in [0.29, 0.717) is 23.4 Å². The third kappa shape index (κ3) is 5.49. The molecule has 1 fully saturated rings. The number of rotatable bonds is 8. The van der Waals surface area contributed by atoms with Crippen molar-refractivity contribution in [3.63, 3.8) is 0 Å². The SMILES string of the molecule is CC1(C)SCN(C(=O)[C@@H](O)CCc2ccccc2)C1C(=O)NCc1ccccc1C(N)=O. The summed E-state index contributed by atoms with van der Waals surface area (Å²) in [5.74, 6) is -1.02. The highest BCUT2D eigenvalue weighted by atomic mass is 32.2. The number of nitrogens with zero attached hydrogens (tertiary/aromatic N) is 1. The molecule has 0 radical (unpaired) electrons. The number of carbonyl (C=O) groups excluding carboxylic acids is 3. The number of hydrogen-bond acceptors (Lipinski definition) is 5. The minimum absolute atomic E-state index is 0.119. The van der Waals surface area contributed by atoms with Crippen molar-refractivity contribution in [2.24, 2.45) is 5.73 Å². The first-order valence-corrected chi connectivity index (χ1v) is 11.5. The fraction of sp³-hybridized carbons (Fsp3) is 0.375. The standard InChI is InChI=1S/C24H29N3O4S/c1-24(2)20(22(30)26-14-17-10-6-7-11-18(17)21(25)29)27(15-32-24)23(31)19(28)13-12-16-8-4-3-5-9-16/h3-11,19-20,28H,12-15H2,1-2H3,(H2,25,29)(H,26,30)/t19-,20?/m0/s1. The predicted octanol–water partition coefficient (Wildman–Crippen LogP) is 2.08. The van der Waals surface area contributed by atoms with E-state index in [2.05, 4.69) is 5.32 Å². The fourth-order valence-corrected chi connectivity index (χ4v) is 5.01. The molecule has 8 heteroatoms. The molecule has 3 amide bonds. The fourth-order valence-electron chi connectivity index (χ4n) is 3.87. The molecule has 0 aromatic heterocycles.